The van der Waals surface area contributed by atoms with E-state index < -0.39 is 23.6 Å². The Kier molecular flexibility index (Phi) is 5.40. The second kappa shape index (κ2) is 7.32. The second-order valence-corrected chi connectivity index (χ2v) is 5.48. The largest absolute Gasteiger partial charge is 0.481 e. The van der Waals surface area contributed by atoms with Gasteiger partial charge in [-0.3, -0.25) is 9.59 Å². The fourth-order valence-corrected chi connectivity index (χ4v) is 2.13. The van der Waals surface area contributed by atoms with E-state index in [9.17, 15) is 22.8 Å². The number of carbonyl (C=O) groups excluding carboxylic acids is 1. The van der Waals surface area contributed by atoms with Crippen molar-refractivity contribution in [1.29, 1.82) is 0 Å². The standard InChI is InChI=1S/C15H15F3N4O3/c1-9(6-13(23)24)7-19-14(25)11-8-22(21-20-11)12-5-3-2-4-10(12)15(16,17)18/h2-5,8-9H,6-7H2,1H3,(H,19,25)(H,23,24). The zero-order chi connectivity index (χ0) is 18.6. The molecule has 1 aromatic carbocycles. The van der Waals surface area contributed by atoms with Gasteiger partial charge in [0, 0.05) is 13.0 Å². The van der Waals surface area contributed by atoms with Crippen LogP contribution in [0.3, 0.4) is 0 Å². The van der Waals surface area contributed by atoms with Crippen LogP contribution in [0.4, 0.5) is 13.2 Å². The number of benzene rings is 1. The summed E-state index contributed by atoms with van der Waals surface area (Å²) in [4.78, 5) is 22.5. The highest BCUT2D eigenvalue weighted by molar-refractivity contribution is 5.91. The maximum absolute atomic E-state index is 13.0. The number of nitrogens with one attached hydrogen (secondary N) is 1. The number of nitrogens with zero attached hydrogens (tertiary/aromatic N) is 3. The summed E-state index contributed by atoms with van der Waals surface area (Å²) in [5.41, 5.74) is -1.32. The number of aliphatic carboxylic acids is 1. The third-order valence-electron chi connectivity index (χ3n) is 3.32. The molecule has 134 valence electrons. The molecule has 0 spiro atoms. The van der Waals surface area contributed by atoms with Gasteiger partial charge < -0.3 is 10.4 Å². The number of carbonyl (C=O) groups is 2. The number of para-hydroxylation sites is 1. The Morgan fingerprint density at radius 1 is 1.32 bits per heavy atom. The molecule has 1 atom stereocenters. The molecular formula is C15H15F3N4O3. The number of hydrogen-bond donors (Lipinski definition) is 2. The van der Waals surface area contributed by atoms with E-state index in [4.69, 9.17) is 5.11 Å². The van der Waals surface area contributed by atoms with Crippen LogP contribution >= 0.6 is 0 Å². The van der Waals surface area contributed by atoms with Crippen molar-refractivity contribution in [3.8, 4) is 5.69 Å². The molecule has 7 nitrogen and oxygen atoms in total. The van der Waals surface area contributed by atoms with Crippen molar-refractivity contribution >= 4 is 11.9 Å². The molecule has 0 aliphatic rings. The first-order chi connectivity index (χ1) is 11.7. The first-order valence-electron chi connectivity index (χ1n) is 7.27. The van der Waals surface area contributed by atoms with E-state index in [1.165, 1.54) is 18.2 Å². The Morgan fingerprint density at radius 3 is 2.64 bits per heavy atom. The Balaban J connectivity index is 2.13. The van der Waals surface area contributed by atoms with E-state index in [-0.39, 0.29) is 30.3 Å². The number of rotatable bonds is 6. The lowest BCUT2D eigenvalue weighted by atomic mass is 10.1. The smallest absolute Gasteiger partial charge is 0.418 e. The lowest BCUT2D eigenvalue weighted by Crippen LogP contribution is -2.29. The van der Waals surface area contributed by atoms with Gasteiger partial charge in [-0.1, -0.05) is 24.3 Å². The van der Waals surface area contributed by atoms with E-state index in [2.05, 4.69) is 15.6 Å². The van der Waals surface area contributed by atoms with Crippen molar-refractivity contribution in [2.24, 2.45) is 5.92 Å². The van der Waals surface area contributed by atoms with E-state index in [1.54, 1.807) is 6.92 Å². The Labute approximate surface area is 140 Å². The Hall–Kier alpha value is -2.91. The number of alkyl halides is 3. The fraction of sp³-hybridized carbons (Fsp3) is 0.333. The number of hydrogen-bond acceptors (Lipinski definition) is 4. The average molecular weight is 356 g/mol. The molecule has 1 aromatic heterocycles. The highest BCUT2D eigenvalue weighted by Crippen LogP contribution is 2.33. The third kappa shape index (κ3) is 4.78. The Morgan fingerprint density at radius 2 is 2.00 bits per heavy atom. The molecule has 1 unspecified atom stereocenters. The van der Waals surface area contributed by atoms with Crippen LogP contribution in [0.15, 0.2) is 30.5 Å². The minimum absolute atomic E-state index is 0.0944. The number of carboxylic acid groups (broad SMARTS) is 1. The summed E-state index contributed by atoms with van der Waals surface area (Å²) in [6, 6.07) is 4.79. The highest BCUT2D eigenvalue weighted by Gasteiger charge is 2.34. The van der Waals surface area contributed by atoms with Crippen molar-refractivity contribution in [2.45, 2.75) is 19.5 Å². The summed E-state index contributed by atoms with van der Waals surface area (Å²) in [5.74, 6) is -1.94. The fourth-order valence-electron chi connectivity index (χ4n) is 2.13. The maximum Gasteiger partial charge on any atom is 0.418 e. The molecule has 10 heteroatoms. The monoisotopic (exact) mass is 356 g/mol. The van der Waals surface area contributed by atoms with Crippen LogP contribution in [0, 0.1) is 5.92 Å². The molecule has 2 aromatic rings. The predicted octanol–water partition coefficient (Wildman–Crippen LogP) is 2.13. The quantitative estimate of drug-likeness (QED) is 0.826. The third-order valence-corrected chi connectivity index (χ3v) is 3.32. The number of amides is 1. The van der Waals surface area contributed by atoms with Crippen LogP contribution in [-0.4, -0.2) is 38.5 Å². The van der Waals surface area contributed by atoms with E-state index in [1.807, 2.05) is 0 Å². The van der Waals surface area contributed by atoms with Gasteiger partial charge in [0.15, 0.2) is 5.69 Å². The second-order valence-electron chi connectivity index (χ2n) is 5.48. The number of halogens is 3. The van der Waals surface area contributed by atoms with Gasteiger partial charge in [0.25, 0.3) is 5.91 Å². The summed E-state index contributed by atoms with van der Waals surface area (Å²) in [6.07, 6.45) is -3.61. The van der Waals surface area contributed by atoms with Gasteiger partial charge in [-0.2, -0.15) is 13.2 Å². The normalized spacial score (nSPS) is 12.6. The van der Waals surface area contributed by atoms with E-state index >= 15 is 0 Å². The minimum atomic E-state index is -4.57. The van der Waals surface area contributed by atoms with Gasteiger partial charge in [0.2, 0.25) is 0 Å². The number of carboxylic acids is 1. The van der Waals surface area contributed by atoms with Gasteiger partial charge in [-0.05, 0) is 18.1 Å². The molecule has 25 heavy (non-hydrogen) atoms. The van der Waals surface area contributed by atoms with Gasteiger partial charge in [0.1, 0.15) is 0 Å². The summed E-state index contributed by atoms with van der Waals surface area (Å²) < 4.78 is 39.9. The van der Waals surface area contributed by atoms with Crippen LogP contribution in [0.1, 0.15) is 29.4 Å². The molecule has 0 saturated heterocycles. The van der Waals surface area contributed by atoms with Crippen LogP contribution in [0.25, 0.3) is 5.69 Å². The van der Waals surface area contributed by atoms with Crippen LogP contribution in [0.5, 0.6) is 0 Å². The first kappa shape index (κ1) is 18.4. The SMILES string of the molecule is CC(CNC(=O)c1cn(-c2ccccc2C(F)(F)F)nn1)CC(=O)O. The molecule has 0 fully saturated rings. The molecule has 1 heterocycles. The van der Waals surface area contributed by atoms with Crippen LogP contribution in [0.2, 0.25) is 0 Å². The summed E-state index contributed by atoms with van der Waals surface area (Å²) >= 11 is 0. The van der Waals surface area contributed by atoms with Gasteiger partial charge >= 0.3 is 12.1 Å². The van der Waals surface area contributed by atoms with Crippen molar-refractivity contribution in [3.05, 3.63) is 41.7 Å². The molecule has 0 aliphatic carbocycles. The van der Waals surface area contributed by atoms with Crippen LogP contribution in [-0.2, 0) is 11.0 Å². The molecule has 0 aliphatic heterocycles. The Bertz CT molecular complexity index is 773. The van der Waals surface area contributed by atoms with Crippen molar-refractivity contribution in [2.75, 3.05) is 6.54 Å². The predicted molar refractivity (Wildman–Crippen MR) is 80.1 cm³/mol. The summed E-state index contributed by atoms with van der Waals surface area (Å²) in [5, 5.41) is 18.3. The zero-order valence-corrected chi connectivity index (χ0v) is 13.1. The summed E-state index contributed by atoms with van der Waals surface area (Å²) in [7, 11) is 0. The van der Waals surface area contributed by atoms with E-state index in [0.717, 1.165) is 16.9 Å². The highest BCUT2D eigenvalue weighted by atomic mass is 19.4. The van der Waals surface area contributed by atoms with Gasteiger partial charge in [0.05, 0.1) is 17.4 Å². The lowest BCUT2D eigenvalue weighted by Gasteiger charge is -2.11. The molecule has 2 rings (SSSR count). The van der Waals surface area contributed by atoms with Gasteiger partial charge in [-0.15, -0.1) is 5.10 Å². The lowest BCUT2D eigenvalue weighted by molar-refractivity contribution is -0.138. The minimum Gasteiger partial charge on any atom is -0.481 e. The molecule has 0 saturated carbocycles. The molecular weight excluding hydrogens is 341 g/mol. The van der Waals surface area contributed by atoms with Crippen molar-refractivity contribution in [1.82, 2.24) is 20.3 Å². The molecule has 0 radical (unpaired) electrons. The average Bonchev–Trinajstić information content (AvgIpc) is 3.01. The molecule has 2 N–H and O–H groups in total. The first-order valence-corrected chi connectivity index (χ1v) is 7.27. The maximum atomic E-state index is 13.0. The zero-order valence-electron chi connectivity index (χ0n) is 13.1. The van der Waals surface area contributed by atoms with E-state index in [0.29, 0.717) is 0 Å². The van der Waals surface area contributed by atoms with Crippen molar-refractivity contribution in [3.63, 3.8) is 0 Å². The number of aromatic nitrogens is 3. The van der Waals surface area contributed by atoms with Gasteiger partial charge in [-0.25, -0.2) is 4.68 Å². The van der Waals surface area contributed by atoms with Crippen LogP contribution < -0.4 is 5.32 Å². The molecule has 1 amide bonds. The molecule has 0 bridgehead atoms. The topological polar surface area (TPSA) is 97.1 Å². The van der Waals surface area contributed by atoms with Crippen molar-refractivity contribution < 1.29 is 27.9 Å². The summed E-state index contributed by atoms with van der Waals surface area (Å²) in [6.45, 7) is 1.74.